The number of hydrogen-bond donors (Lipinski definition) is 1. The molecule has 0 aliphatic carbocycles. The van der Waals surface area contributed by atoms with E-state index in [1.54, 1.807) is 0 Å². The Morgan fingerprint density at radius 2 is 1.76 bits per heavy atom. The van der Waals surface area contributed by atoms with Crippen LogP contribution in [0.1, 0.15) is 22.7 Å². The van der Waals surface area contributed by atoms with Crippen molar-refractivity contribution in [2.45, 2.75) is 6.04 Å². The summed E-state index contributed by atoms with van der Waals surface area (Å²) in [6.45, 7) is 0. The number of fused-ring (bicyclic) bond motifs is 1. The van der Waals surface area contributed by atoms with Gasteiger partial charge in [-0.15, -0.1) is 0 Å². The summed E-state index contributed by atoms with van der Waals surface area (Å²) in [5, 5.41) is 4.94. The zero-order chi connectivity index (χ0) is 11.7. The van der Waals surface area contributed by atoms with Crippen molar-refractivity contribution in [3.05, 3.63) is 70.2 Å². The Labute approximate surface area is 105 Å². The van der Waals surface area contributed by atoms with Crippen LogP contribution in [0.3, 0.4) is 0 Å². The highest BCUT2D eigenvalue weighted by molar-refractivity contribution is 6.30. The number of nitrogens with one attached hydrogen (secondary N) is 1. The van der Waals surface area contributed by atoms with E-state index < -0.39 is 0 Å². The average Bonchev–Trinajstić information content (AvgIpc) is 2.39. The van der Waals surface area contributed by atoms with Crippen LogP contribution in [0.25, 0.3) is 0 Å². The lowest BCUT2D eigenvalue weighted by Crippen LogP contribution is -2.22. The third-order valence-electron chi connectivity index (χ3n) is 2.92. The number of halogens is 1. The quantitative estimate of drug-likeness (QED) is 0.815. The molecule has 0 amide bonds. The average molecular weight is 243 g/mol. The summed E-state index contributed by atoms with van der Waals surface area (Å²) in [5.41, 5.74) is 6.70. The molecule has 2 aromatic rings. The first-order valence-corrected chi connectivity index (χ1v) is 5.85. The van der Waals surface area contributed by atoms with E-state index >= 15 is 0 Å². The summed E-state index contributed by atoms with van der Waals surface area (Å²) in [6.07, 6.45) is 1.85. The molecule has 84 valence electrons. The van der Waals surface area contributed by atoms with Gasteiger partial charge in [0.1, 0.15) is 0 Å². The highest BCUT2D eigenvalue weighted by atomic mass is 35.5. The molecule has 2 nitrogen and oxygen atoms in total. The lowest BCUT2D eigenvalue weighted by molar-refractivity contribution is 0.632. The van der Waals surface area contributed by atoms with Gasteiger partial charge in [-0.3, -0.25) is 5.43 Å². The summed E-state index contributed by atoms with van der Waals surface area (Å²) in [7, 11) is 0. The number of hydrogen-bond acceptors (Lipinski definition) is 2. The van der Waals surface area contributed by atoms with Gasteiger partial charge in [0.2, 0.25) is 0 Å². The van der Waals surface area contributed by atoms with E-state index in [-0.39, 0.29) is 6.04 Å². The van der Waals surface area contributed by atoms with E-state index in [9.17, 15) is 0 Å². The second-order valence-corrected chi connectivity index (χ2v) is 4.44. The molecule has 1 aliphatic heterocycles. The third-order valence-corrected chi connectivity index (χ3v) is 3.17. The molecule has 0 saturated carbocycles. The van der Waals surface area contributed by atoms with Crippen molar-refractivity contribution in [1.82, 2.24) is 5.43 Å². The maximum Gasteiger partial charge on any atom is 0.0946 e. The Hall–Kier alpha value is -1.80. The number of hydrazone groups is 1. The van der Waals surface area contributed by atoms with E-state index in [1.165, 1.54) is 11.1 Å². The highest BCUT2D eigenvalue weighted by Crippen LogP contribution is 2.27. The first-order chi connectivity index (χ1) is 8.34. The van der Waals surface area contributed by atoms with Crippen LogP contribution in [-0.2, 0) is 0 Å². The minimum atomic E-state index is 0.105. The normalized spacial score (nSPS) is 17.4. The van der Waals surface area contributed by atoms with Crippen molar-refractivity contribution < 1.29 is 0 Å². The van der Waals surface area contributed by atoms with E-state index in [0.29, 0.717) is 0 Å². The molecule has 2 aromatic carbocycles. The van der Waals surface area contributed by atoms with Gasteiger partial charge in [-0.25, -0.2) is 0 Å². The Bertz CT molecular complexity index is 561. The van der Waals surface area contributed by atoms with Gasteiger partial charge in [0.25, 0.3) is 0 Å². The van der Waals surface area contributed by atoms with E-state index in [2.05, 4.69) is 22.7 Å². The molecule has 1 N–H and O–H groups in total. The van der Waals surface area contributed by atoms with Gasteiger partial charge in [0, 0.05) is 10.6 Å². The first kappa shape index (κ1) is 10.4. The van der Waals surface area contributed by atoms with Crippen LogP contribution < -0.4 is 5.43 Å². The Morgan fingerprint density at radius 1 is 1.00 bits per heavy atom. The molecule has 0 bridgehead atoms. The van der Waals surface area contributed by atoms with Gasteiger partial charge in [-0.1, -0.05) is 48.0 Å². The zero-order valence-corrected chi connectivity index (χ0v) is 9.85. The molecule has 0 spiro atoms. The minimum absolute atomic E-state index is 0.105. The second kappa shape index (κ2) is 4.22. The molecule has 1 atom stereocenters. The van der Waals surface area contributed by atoms with E-state index in [4.69, 9.17) is 11.6 Å². The van der Waals surface area contributed by atoms with Gasteiger partial charge in [-0.05, 0) is 23.3 Å². The number of benzene rings is 2. The lowest BCUT2D eigenvalue weighted by Gasteiger charge is -2.22. The molecule has 0 radical (unpaired) electrons. The number of rotatable bonds is 1. The van der Waals surface area contributed by atoms with Gasteiger partial charge < -0.3 is 0 Å². The van der Waals surface area contributed by atoms with Crippen molar-refractivity contribution in [2.24, 2.45) is 5.10 Å². The smallest absolute Gasteiger partial charge is 0.0946 e. The molecular formula is C14H11ClN2. The fourth-order valence-electron chi connectivity index (χ4n) is 2.05. The molecule has 0 fully saturated rings. The van der Waals surface area contributed by atoms with Crippen molar-refractivity contribution >= 4 is 17.8 Å². The van der Waals surface area contributed by atoms with Gasteiger partial charge in [0.05, 0.1) is 12.3 Å². The van der Waals surface area contributed by atoms with Crippen molar-refractivity contribution in [2.75, 3.05) is 0 Å². The van der Waals surface area contributed by atoms with Crippen LogP contribution in [-0.4, -0.2) is 6.21 Å². The van der Waals surface area contributed by atoms with E-state index in [1.807, 2.05) is 42.6 Å². The monoisotopic (exact) mass is 242 g/mol. The molecule has 0 saturated heterocycles. The van der Waals surface area contributed by atoms with Gasteiger partial charge in [0.15, 0.2) is 0 Å². The van der Waals surface area contributed by atoms with Gasteiger partial charge >= 0.3 is 0 Å². The van der Waals surface area contributed by atoms with Crippen LogP contribution in [0.4, 0.5) is 0 Å². The molecule has 3 heteroatoms. The predicted molar refractivity (Wildman–Crippen MR) is 70.5 cm³/mol. The summed E-state index contributed by atoms with van der Waals surface area (Å²) in [6, 6.07) is 16.2. The second-order valence-electron chi connectivity index (χ2n) is 4.00. The van der Waals surface area contributed by atoms with Crippen molar-refractivity contribution in [3.8, 4) is 0 Å². The van der Waals surface area contributed by atoms with Gasteiger partial charge in [-0.2, -0.15) is 5.10 Å². The fraction of sp³-hybridized carbons (Fsp3) is 0.0714. The SMILES string of the molecule is Clc1ccc(C2NN=Cc3ccccc32)cc1. The molecule has 1 unspecified atom stereocenters. The third kappa shape index (κ3) is 1.92. The summed E-state index contributed by atoms with van der Waals surface area (Å²) in [4.78, 5) is 0. The predicted octanol–water partition coefficient (Wildman–Crippen LogP) is 3.37. The standard InChI is InChI=1S/C14H11ClN2/c15-12-7-5-10(6-8-12)14-13-4-2-1-3-11(13)9-16-17-14/h1-9,14,17H. The molecule has 0 aromatic heterocycles. The summed E-state index contributed by atoms with van der Waals surface area (Å²) < 4.78 is 0. The minimum Gasteiger partial charge on any atom is -0.298 e. The molecule has 3 rings (SSSR count). The lowest BCUT2D eigenvalue weighted by atomic mass is 9.94. The summed E-state index contributed by atoms with van der Waals surface area (Å²) >= 11 is 5.90. The number of nitrogens with zero attached hydrogens (tertiary/aromatic N) is 1. The topological polar surface area (TPSA) is 24.4 Å². The zero-order valence-electron chi connectivity index (χ0n) is 9.10. The van der Waals surface area contributed by atoms with Crippen LogP contribution in [0, 0.1) is 0 Å². The van der Waals surface area contributed by atoms with Crippen LogP contribution in [0.5, 0.6) is 0 Å². The Morgan fingerprint density at radius 3 is 2.59 bits per heavy atom. The maximum absolute atomic E-state index is 5.90. The Balaban J connectivity index is 2.05. The van der Waals surface area contributed by atoms with Crippen LogP contribution in [0.15, 0.2) is 53.6 Å². The Kier molecular flexibility index (Phi) is 2.57. The molecule has 17 heavy (non-hydrogen) atoms. The first-order valence-electron chi connectivity index (χ1n) is 5.47. The van der Waals surface area contributed by atoms with Crippen molar-refractivity contribution in [3.63, 3.8) is 0 Å². The largest absolute Gasteiger partial charge is 0.298 e. The maximum atomic E-state index is 5.90. The molecular weight excluding hydrogens is 232 g/mol. The molecule has 1 aliphatic rings. The van der Waals surface area contributed by atoms with Crippen molar-refractivity contribution in [1.29, 1.82) is 0 Å². The summed E-state index contributed by atoms with van der Waals surface area (Å²) in [5.74, 6) is 0. The van der Waals surface area contributed by atoms with Crippen LogP contribution >= 0.6 is 11.6 Å². The highest BCUT2D eigenvalue weighted by Gasteiger charge is 2.18. The molecule has 1 heterocycles. The van der Waals surface area contributed by atoms with Crippen LogP contribution in [0.2, 0.25) is 5.02 Å². The van der Waals surface area contributed by atoms with E-state index in [0.717, 1.165) is 10.6 Å². The fourth-order valence-corrected chi connectivity index (χ4v) is 2.18.